The fourth-order valence-electron chi connectivity index (χ4n) is 2.66. The third-order valence-corrected chi connectivity index (χ3v) is 7.34. The van der Waals surface area contributed by atoms with Crippen molar-refractivity contribution < 1.29 is 22.7 Å². The summed E-state index contributed by atoms with van der Waals surface area (Å²) in [4.78, 5) is 23.9. The van der Waals surface area contributed by atoms with E-state index in [1.807, 2.05) is 0 Å². The monoisotopic (exact) mass is 399 g/mol. The van der Waals surface area contributed by atoms with Crippen LogP contribution >= 0.6 is 11.3 Å². The van der Waals surface area contributed by atoms with Gasteiger partial charge in [0, 0.05) is 6.54 Å². The molecule has 0 radical (unpaired) electrons. The molecular formula is C16H21N3O5S2. The zero-order valence-corrected chi connectivity index (χ0v) is 15.9. The lowest BCUT2D eigenvalue weighted by molar-refractivity contribution is -0.131. The predicted octanol–water partition coefficient (Wildman–Crippen LogP) is -0.0904. The molecule has 1 aliphatic rings. The largest absolute Gasteiger partial charge is 0.368 e. The molecule has 142 valence electrons. The van der Waals surface area contributed by atoms with Crippen molar-refractivity contribution in [3.05, 3.63) is 17.5 Å². The molecule has 0 bridgehead atoms. The van der Waals surface area contributed by atoms with Gasteiger partial charge in [0.15, 0.2) is 0 Å². The molecule has 2 rings (SSSR count). The Kier molecular flexibility index (Phi) is 6.77. The Bertz CT molecular complexity index is 785. The molecule has 8 nitrogen and oxygen atoms in total. The molecule has 1 fully saturated rings. The summed E-state index contributed by atoms with van der Waals surface area (Å²) in [5.74, 6) is 1.06. The average molecular weight is 399 g/mol. The number of nitrogens with two attached hydrogens (primary N) is 1. The average Bonchev–Trinajstić information content (AvgIpc) is 3.14. The number of carbonyl (C=O) groups excluding carboxylic acids is 2. The molecular weight excluding hydrogens is 378 g/mol. The van der Waals surface area contributed by atoms with Crippen LogP contribution in [0.15, 0.2) is 21.7 Å². The van der Waals surface area contributed by atoms with Gasteiger partial charge in [-0.1, -0.05) is 12.0 Å². The number of terminal acetylenes is 1. The standard InChI is InChI=1S/C16H21N3O5S2/c1-3-8-24-12-6-7-19(26(22,23)14-5-4-9-25-14)13(10-12)16(21)18-11(2)15(17)20/h1,4-5,9,11-13H,6-8,10H2,2H3,(H2,17,20)(H,18,21)/t11-,12-,13-/m1/s1. The molecule has 0 spiro atoms. The number of nitrogens with zero attached hydrogens (tertiary/aromatic N) is 1. The molecule has 1 aliphatic heterocycles. The smallest absolute Gasteiger partial charge is 0.253 e. The highest BCUT2D eigenvalue weighted by Gasteiger charge is 2.41. The van der Waals surface area contributed by atoms with Crippen molar-refractivity contribution in [2.45, 2.75) is 42.2 Å². The van der Waals surface area contributed by atoms with E-state index in [1.54, 1.807) is 11.4 Å². The van der Waals surface area contributed by atoms with Gasteiger partial charge < -0.3 is 15.8 Å². The van der Waals surface area contributed by atoms with Gasteiger partial charge in [-0.25, -0.2) is 8.42 Å². The molecule has 1 saturated heterocycles. The number of thiophene rings is 1. The van der Waals surface area contributed by atoms with Crippen LogP contribution in [0, 0.1) is 12.3 Å². The lowest BCUT2D eigenvalue weighted by atomic mass is 10.0. The van der Waals surface area contributed by atoms with Crippen LogP contribution in [0.3, 0.4) is 0 Å². The van der Waals surface area contributed by atoms with Crippen molar-refractivity contribution in [1.29, 1.82) is 0 Å². The minimum Gasteiger partial charge on any atom is -0.368 e. The minimum atomic E-state index is -3.83. The number of nitrogens with one attached hydrogen (secondary N) is 1. The number of rotatable bonds is 7. The number of piperidine rings is 1. The fraction of sp³-hybridized carbons (Fsp3) is 0.500. The second-order valence-corrected chi connectivity index (χ2v) is 8.92. The van der Waals surface area contributed by atoms with E-state index in [-0.39, 0.29) is 29.9 Å². The van der Waals surface area contributed by atoms with Gasteiger partial charge in [0.1, 0.15) is 22.9 Å². The van der Waals surface area contributed by atoms with E-state index < -0.39 is 33.9 Å². The maximum Gasteiger partial charge on any atom is 0.253 e. The zero-order chi connectivity index (χ0) is 19.3. The highest BCUT2D eigenvalue weighted by molar-refractivity contribution is 7.91. The van der Waals surface area contributed by atoms with Gasteiger partial charge >= 0.3 is 0 Å². The molecule has 3 atom stereocenters. The number of hydrogen-bond donors (Lipinski definition) is 2. The van der Waals surface area contributed by atoms with Gasteiger partial charge in [-0.2, -0.15) is 4.31 Å². The van der Waals surface area contributed by atoms with Crippen molar-refractivity contribution in [3.63, 3.8) is 0 Å². The maximum absolute atomic E-state index is 12.9. The summed E-state index contributed by atoms with van der Waals surface area (Å²) >= 11 is 1.08. The number of hydrogen-bond acceptors (Lipinski definition) is 6. The number of carbonyl (C=O) groups is 2. The van der Waals surface area contributed by atoms with Crippen LogP contribution in [-0.2, 0) is 24.3 Å². The Labute approximate surface area is 156 Å². The second kappa shape index (κ2) is 8.64. The van der Waals surface area contributed by atoms with Crippen LogP contribution < -0.4 is 11.1 Å². The van der Waals surface area contributed by atoms with Crippen LogP contribution in [-0.4, -0.2) is 55.9 Å². The van der Waals surface area contributed by atoms with Gasteiger partial charge in [0.25, 0.3) is 10.0 Å². The van der Waals surface area contributed by atoms with Crippen LogP contribution in [0.25, 0.3) is 0 Å². The molecule has 26 heavy (non-hydrogen) atoms. The normalized spacial score (nSPS) is 22.3. The summed E-state index contributed by atoms with van der Waals surface area (Å²) in [6, 6.07) is 1.19. The first-order chi connectivity index (χ1) is 12.3. The summed E-state index contributed by atoms with van der Waals surface area (Å²) in [5.41, 5.74) is 5.17. The molecule has 0 aromatic carbocycles. The number of primary amides is 1. The van der Waals surface area contributed by atoms with E-state index >= 15 is 0 Å². The Balaban J connectivity index is 2.26. The summed E-state index contributed by atoms with van der Waals surface area (Å²) in [6.07, 6.45) is 5.40. The Morgan fingerprint density at radius 1 is 1.58 bits per heavy atom. The number of sulfonamides is 1. The molecule has 0 saturated carbocycles. The first-order valence-corrected chi connectivity index (χ1v) is 10.3. The third-order valence-electron chi connectivity index (χ3n) is 4.05. The van der Waals surface area contributed by atoms with Gasteiger partial charge in [-0.3, -0.25) is 9.59 Å². The number of ether oxygens (including phenoxy) is 1. The molecule has 3 N–H and O–H groups in total. The highest BCUT2D eigenvalue weighted by Crippen LogP contribution is 2.29. The lowest BCUT2D eigenvalue weighted by Gasteiger charge is -2.37. The molecule has 0 unspecified atom stereocenters. The van der Waals surface area contributed by atoms with Crippen molar-refractivity contribution in [2.75, 3.05) is 13.2 Å². The Morgan fingerprint density at radius 3 is 2.88 bits per heavy atom. The topological polar surface area (TPSA) is 119 Å². The highest BCUT2D eigenvalue weighted by atomic mass is 32.2. The first kappa shape index (κ1) is 20.4. The molecule has 0 aliphatic carbocycles. The minimum absolute atomic E-state index is 0.0777. The molecule has 10 heteroatoms. The fourth-order valence-corrected chi connectivity index (χ4v) is 5.39. The van der Waals surface area contributed by atoms with Gasteiger partial charge in [0.05, 0.1) is 6.10 Å². The van der Waals surface area contributed by atoms with Crippen LogP contribution in [0.4, 0.5) is 0 Å². The van der Waals surface area contributed by atoms with Gasteiger partial charge in [-0.15, -0.1) is 17.8 Å². The van der Waals surface area contributed by atoms with Gasteiger partial charge in [-0.05, 0) is 31.2 Å². The quantitative estimate of drug-likeness (QED) is 0.621. The number of amides is 2. The summed E-state index contributed by atoms with van der Waals surface area (Å²) in [7, 11) is -3.83. The van der Waals surface area contributed by atoms with Crippen LogP contribution in [0.5, 0.6) is 0 Å². The van der Waals surface area contributed by atoms with Crippen molar-refractivity contribution in [1.82, 2.24) is 9.62 Å². The first-order valence-electron chi connectivity index (χ1n) is 7.97. The van der Waals surface area contributed by atoms with Crippen LogP contribution in [0.2, 0.25) is 0 Å². The predicted molar refractivity (Wildman–Crippen MR) is 96.6 cm³/mol. The van der Waals surface area contributed by atoms with Crippen molar-refractivity contribution in [2.24, 2.45) is 5.73 Å². The maximum atomic E-state index is 12.9. The lowest BCUT2D eigenvalue weighted by Crippen LogP contribution is -2.57. The third kappa shape index (κ3) is 4.62. The van der Waals surface area contributed by atoms with Crippen molar-refractivity contribution in [3.8, 4) is 12.3 Å². The molecule has 1 aromatic rings. The molecule has 2 heterocycles. The summed E-state index contributed by atoms with van der Waals surface area (Å²) < 4.78 is 32.6. The zero-order valence-electron chi connectivity index (χ0n) is 14.3. The molecule has 2 amide bonds. The van der Waals surface area contributed by atoms with E-state index in [1.165, 1.54) is 13.0 Å². The van der Waals surface area contributed by atoms with E-state index in [9.17, 15) is 18.0 Å². The van der Waals surface area contributed by atoms with Gasteiger partial charge in [0.2, 0.25) is 11.8 Å². The SMILES string of the molecule is C#CCO[C@@H]1CCN(S(=O)(=O)c2cccs2)[C@@H](C(=O)N[C@H](C)C(N)=O)C1. The van der Waals surface area contributed by atoms with Crippen LogP contribution in [0.1, 0.15) is 19.8 Å². The van der Waals surface area contributed by atoms with E-state index in [0.717, 1.165) is 15.6 Å². The van der Waals surface area contributed by atoms with Crippen molar-refractivity contribution >= 4 is 33.2 Å². The summed E-state index contributed by atoms with van der Waals surface area (Å²) in [5, 5.41) is 4.11. The Hall–Kier alpha value is -1.93. The molecule has 1 aromatic heterocycles. The second-order valence-electron chi connectivity index (χ2n) is 5.86. The van der Waals surface area contributed by atoms with E-state index in [2.05, 4.69) is 11.2 Å². The summed E-state index contributed by atoms with van der Waals surface area (Å²) in [6.45, 7) is 1.63. The Morgan fingerprint density at radius 2 is 2.31 bits per heavy atom. The van der Waals surface area contributed by atoms with E-state index in [4.69, 9.17) is 16.9 Å². The van der Waals surface area contributed by atoms with E-state index in [0.29, 0.717) is 6.42 Å².